The Bertz CT molecular complexity index is 579. The van der Waals surface area contributed by atoms with Crippen LogP contribution in [-0.2, 0) is 9.59 Å². The number of rotatable bonds is 6. The van der Waals surface area contributed by atoms with Crippen LogP contribution in [0.1, 0.15) is 28.4 Å². The van der Waals surface area contributed by atoms with Crippen molar-refractivity contribution in [3.05, 3.63) is 41.0 Å². The lowest BCUT2D eigenvalue weighted by Crippen LogP contribution is -2.37. The molecule has 1 aromatic carbocycles. The number of aliphatic carboxylic acids is 1. The van der Waals surface area contributed by atoms with Crippen molar-refractivity contribution in [2.75, 3.05) is 13.1 Å². The van der Waals surface area contributed by atoms with Crippen molar-refractivity contribution in [3.8, 4) is 0 Å². The van der Waals surface area contributed by atoms with Gasteiger partial charge in [0.15, 0.2) is 0 Å². The molecule has 112 valence electrons. The number of carbonyl (C=O) groups is 3. The zero-order valence-corrected chi connectivity index (χ0v) is 12.0. The minimum Gasteiger partial charge on any atom is -0.478 e. The maximum atomic E-state index is 12.0. The molecule has 0 spiro atoms. The smallest absolute Gasteiger partial charge is 0.328 e. The highest BCUT2D eigenvalue weighted by atomic mass is 16.4. The largest absolute Gasteiger partial charge is 0.478 e. The van der Waals surface area contributed by atoms with Crippen LogP contribution in [0.2, 0.25) is 0 Å². The molecule has 0 saturated carbocycles. The first-order valence-corrected chi connectivity index (χ1v) is 6.50. The molecule has 0 saturated heterocycles. The van der Waals surface area contributed by atoms with Gasteiger partial charge in [-0.1, -0.05) is 12.1 Å². The number of benzene rings is 1. The zero-order valence-electron chi connectivity index (χ0n) is 12.0. The van der Waals surface area contributed by atoms with Gasteiger partial charge >= 0.3 is 5.97 Å². The minimum absolute atomic E-state index is 0.0959. The molecule has 6 heteroatoms. The summed E-state index contributed by atoms with van der Waals surface area (Å²) in [5.41, 5.74) is 1.76. The average Bonchev–Trinajstić information content (AvgIpc) is 2.44. The fourth-order valence-corrected chi connectivity index (χ4v) is 1.67. The van der Waals surface area contributed by atoms with E-state index in [9.17, 15) is 14.4 Å². The van der Waals surface area contributed by atoms with Gasteiger partial charge in [-0.05, 0) is 37.1 Å². The Hall–Kier alpha value is -2.63. The van der Waals surface area contributed by atoms with Crippen molar-refractivity contribution in [2.24, 2.45) is 0 Å². The van der Waals surface area contributed by atoms with E-state index in [1.54, 1.807) is 32.0 Å². The molecule has 1 aromatic rings. The summed E-state index contributed by atoms with van der Waals surface area (Å²) >= 11 is 0. The Morgan fingerprint density at radius 3 is 2.57 bits per heavy atom. The van der Waals surface area contributed by atoms with Gasteiger partial charge in [-0.25, -0.2) is 4.79 Å². The van der Waals surface area contributed by atoms with Crippen LogP contribution < -0.4 is 10.6 Å². The second-order valence-corrected chi connectivity index (χ2v) is 4.38. The van der Waals surface area contributed by atoms with E-state index in [1.165, 1.54) is 6.08 Å². The van der Waals surface area contributed by atoms with E-state index in [2.05, 4.69) is 10.6 Å². The summed E-state index contributed by atoms with van der Waals surface area (Å²) in [6.07, 6.45) is 2.41. The van der Waals surface area contributed by atoms with Gasteiger partial charge < -0.3 is 15.7 Å². The van der Waals surface area contributed by atoms with Gasteiger partial charge in [-0.2, -0.15) is 0 Å². The summed E-state index contributed by atoms with van der Waals surface area (Å²) in [7, 11) is 0. The molecular weight excluding hydrogens is 272 g/mol. The fraction of sp³-hybridized carbons (Fsp3) is 0.267. The first-order valence-electron chi connectivity index (χ1n) is 6.50. The molecule has 3 N–H and O–H groups in total. The van der Waals surface area contributed by atoms with Gasteiger partial charge in [-0.3, -0.25) is 9.59 Å². The summed E-state index contributed by atoms with van der Waals surface area (Å²) in [5, 5.41) is 13.7. The third kappa shape index (κ3) is 5.48. The molecular formula is C15H18N2O4. The van der Waals surface area contributed by atoms with E-state index < -0.39 is 5.97 Å². The van der Waals surface area contributed by atoms with E-state index in [0.717, 1.165) is 11.6 Å². The minimum atomic E-state index is -1.06. The molecule has 0 fully saturated rings. The number of aryl methyl sites for hydroxylation is 1. The molecule has 0 unspecified atom stereocenters. The van der Waals surface area contributed by atoms with E-state index in [-0.39, 0.29) is 18.4 Å². The molecule has 0 aromatic heterocycles. The van der Waals surface area contributed by atoms with Crippen molar-refractivity contribution in [3.63, 3.8) is 0 Å². The summed E-state index contributed by atoms with van der Waals surface area (Å²) in [6.45, 7) is 3.97. The number of hydrogen-bond acceptors (Lipinski definition) is 3. The lowest BCUT2D eigenvalue weighted by atomic mass is 10.0. The average molecular weight is 290 g/mol. The van der Waals surface area contributed by atoms with Crippen molar-refractivity contribution >= 4 is 23.9 Å². The molecule has 0 heterocycles. The summed E-state index contributed by atoms with van der Waals surface area (Å²) in [6, 6.07) is 5.03. The van der Waals surface area contributed by atoms with Gasteiger partial charge in [0.05, 0.1) is 6.54 Å². The van der Waals surface area contributed by atoms with Gasteiger partial charge in [0.1, 0.15) is 0 Å². The lowest BCUT2D eigenvalue weighted by Gasteiger charge is -2.08. The first kappa shape index (κ1) is 16.4. The quantitative estimate of drug-likeness (QED) is 0.680. The number of hydrogen-bond donors (Lipinski definition) is 3. The number of carbonyl (C=O) groups excluding carboxylic acids is 2. The van der Waals surface area contributed by atoms with Gasteiger partial charge in [0.25, 0.3) is 5.91 Å². The van der Waals surface area contributed by atoms with E-state index >= 15 is 0 Å². The van der Waals surface area contributed by atoms with Crippen LogP contribution in [0.4, 0.5) is 0 Å². The van der Waals surface area contributed by atoms with Gasteiger partial charge in [-0.15, -0.1) is 0 Å². The predicted octanol–water partition coefficient (Wildman–Crippen LogP) is 0.959. The Balaban J connectivity index is 2.81. The van der Waals surface area contributed by atoms with Crippen molar-refractivity contribution < 1.29 is 19.5 Å². The van der Waals surface area contributed by atoms with Crippen molar-refractivity contribution in [2.45, 2.75) is 13.8 Å². The number of carboxylic acids is 1. The molecule has 0 atom stereocenters. The molecule has 0 aliphatic heterocycles. The topological polar surface area (TPSA) is 95.5 Å². The molecule has 0 aliphatic carbocycles. The van der Waals surface area contributed by atoms with Crippen LogP contribution in [0, 0.1) is 6.92 Å². The zero-order chi connectivity index (χ0) is 15.8. The number of nitrogens with one attached hydrogen (secondary N) is 2. The number of amides is 2. The monoisotopic (exact) mass is 290 g/mol. The molecule has 2 amide bonds. The fourth-order valence-electron chi connectivity index (χ4n) is 1.67. The SMILES string of the molecule is CCNC(=O)CNC(=O)c1cc(C=CC(=O)O)ccc1C. The molecule has 0 radical (unpaired) electrons. The van der Waals surface area contributed by atoms with E-state index in [1.807, 2.05) is 0 Å². The van der Waals surface area contributed by atoms with E-state index in [0.29, 0.717) is 17.7 Å². The Morgan fingerprint density at radius 1 is 1.24 bits per heavy atom. The maximum absolute atomic E-state index is 12.0. The Morgan fingerprint density at radius 2 is 1.95 bits per heavy atom. The van der Waals surface area contributed by atoms with Crippen LogP contribution in [-0.4, -0.2) is 36.0 Å². The van der Waals surface area contributed by atoms with Crippen molar-refractivity contribution in [1.29, 1.82) is 0 Å². The number of likely N-dealkylation sites (N-methyl/N-ethyl adjacent to an activating group) is 1. The third-order valence-corrected chi connectivity index (χ3v) is 2.71. The number of carboxylic acid groups (broad SMARTS) is 1. The molecule has 6 nitrogen and oxygen atoms in total. The second kappa shape index (κ2) is 7.84. The van der Waals surface area contributed by atoms with Gasteiger partial charge in [0.2, 0.25) is 5.91 Å². The van der Waals surface area contributed by atoms with Crippen LogP contribution in [0.5, 0.6) is 0 Å². The maximum Gasteiger partial charge on any atom is 0.328 e. The van der Waals surface area contributed by atoms with Crippen LogP contribution >= 0.6 is 0 Å². The van der Waals surface area contributed by atoms with Crippen LogP contribution in [0.3, 0.4) is 0 Å². The van der Waals surface area contributed by atoms with Crippen LogP contribution in [0.25, 0.3) is 6.08 Å². The molecule has 1 rings (SSSR count). The predicted molar refractivity (Wildman–Crippen MR) is 78.9 cm³/mol. The summed E-state index contributed by atoms with van der Waals surface area (Å²) in [5.74, 6) is -1.69. The standard InChI is InChI=1S/C15H18N2O4/c1-3-16-13(18)9-17-15(21)12-8-11(5-4-10(12)2)6-7-14(19)20/h4-8H,3,9H2,1-2H3,(H,16,18)(H,17,21)(H,19,20). The highest BCUT2D eigenvalue weighted by molar-refractivity contribution is 5.98. The highest BCUT2D eigenvalue weighted by Gasteiger charge is 2.10. The Kier molecular flexibility index (Phi) is 6.13. The summed E-state index contributed by atoms with van der Waals surface area (Å²) < 4.78 is 0. The lowest BCUT2D eigenvalue weighted by molar-refractivity contribution is -0.131. The molecule has 21 heavy (non-hydrogen) atoms. The molecule has 0 bridgehead atoms. The molecule has 0 aliphatic rings. The van der Waals surface area contributed by atoms with Gasteiger partial charge in [0, 0.05) is 18.2 Å². The Labute approximate surface area is 122 Å². The highest BCUT2D eigenvalue weighted by Crippen LogP contribution is 2.12. The van der Waals surface area contributed by atoms with E-state index in [4.69, 9.17) is 5.11 Å². The van der Waals surface area contributed by atoms with Crippen molar-refractivity contribution in [1.82, 2.24) is 10.6 Å². The summed E-state index contributed by atoms with van der Waals surface area (Å²) in [4.78, 5) is 33.8. The first-order chi connectivity index (χ1) is 9.93. The van der Waals surface area contributed by atoms with Crippen LogP contribution in [0.15, 0.2) is 24.3 Å². The normalized spacial score (nSPS) is 10.4. The third-order valence-electron chi connectivity index (χ3n) is 2.71. The second-order valence-electron chi connectivity index (χ2n) is 4.38.